The summed E-state index contributed by atoms with van der Waals surface area (Å²) in [4.78, 5) is 2.21. The van der Waals surface area contributed by atoms with E-state index in [-0.39, 0.29) is 0 Å². The second-order valence-electron chi connectivity index (χ2n) is 3.12. The lowest BCUT2D eigenvalue weighted by Gasteiger charge is -2.11. The third-order valence-corrected chi connectivity index (χ3v) is 2.89. The van der Waals surface area contributed by atoms with Gasteiger partial charge in [0.15, 0.2) is 0 Å². The van der Waals surface area contributed by atoms with E-state index in [1.54, 1.807) is 0 Å². The maximum absolute atomic E-state index is 5.48. The molecule has 66 valence electrons. The second kappa shape index (κ2) is 5.01. The molecule has 0 amide bonds. The van der Waals surface area contributed by atoms with Gasteiger partial charge in [-0.3, -0.25) is 0 Å². The highest BCUT2D eigenvalue weighted by Gasteiger charge is 2.14. The number of thioether (sulfide) groups is 1. The van der Waals surface area contributed by atoms with Crippen molar-refractivity contribution >= 4 is 11.8 Å². The summed E-state index contributed by atoms with van der Waals surface area (Å²) in [5.41, 5.74) is 0.495. The molecule has 1 unspecified atom stereocenters. The zero-order chi connectivity index (χ0) is 8.10. The standard InChI is InChI=1S/C8H17NOS/c1-9(2)5-7-11-8-4-3-6-10-8/h8H,3-7H2,1-2H3. The summed E-state index contributed by atoms with van der Waals surface area (Å²) in [5, 5.41) is 0. The van der Waals surface area contributed by atoms with E-state index < -0.39 is 0 Å². The molecule has 2 nitrogen and oxygen atoms in total. The van der Waals surface area contributed by atoms with Gasteiger partial charge in [-0.2, -0.15) is 0 Å². The molecule has 0 bridgehead atoms. The van der Waals surface area contributed by atoms with Crippen LogP contribution >= 0.6 is 11.8 Å². The van der Waals surface area contributed by atoms with Crippen LogP contribution in [0.15, 0.2) is 0 Å². The van der Waals surface area contributed by atoms with Gasteiger partial charge in [0.2, 0.25) is 0 Å². The van der Waals surface area contributed by atoms with Crippen LogP contribution in [0.2, 0.25) is 0 Å². The number of rotatable bonds is 4. The minimum absolute atomic E-state index is 0.495. The van der Waals surface area contributed by atoms with Crippen molar-refractivity contribution in [1.29, 1.82) is 0 Å². The fourth-order valence-corrected chi connectivity index (χ4v) is 2.31. The molecule has 0 saturated carbocycles. The third-order valence-electron chi connectivity index (χ3n) is 1.73. The van der Waals surface area contributed by atoms with Gasteiger partial charge in [-0.1, -0.05) is 0 Å². The highest BCUT2D eigenvalue weighted by Crippen LogP contribution is 2.23. The minimum Gasteiger partial charge on any atom is -0.368 e. The van der Waals surface area contributed by atoms with E-state index in [0.717, 1.165) is 13.2 Å². The first kappa shape index (κ1) is 9.36. The lowest BCUT2D eigenvalue weighted by atomic mass is 10.4. The van der Waals surface area contributed by atoms with Crippen molar-refractivity contribution < 1.29 is 4.74 Å². The van der Waals surface area contributed by atoms with E-state index in [0.29, 0.717) is 5.44 Å². The first-order valence-electron chi connectivity index (χ1n) is 4.17. The molecule has 1 heterocycles. The first-order chi connectivity index (χ1) is 5.29. The molecule has 0 aromatic rings. The maximum atomic E-state index is 5.48. The maximum Gasteiger partial charge on any atom is 0.103 e. The first-order valence-corrected chi connectivity index (χ1v) is 5.22. The molecule has 11 heavy (non-hydrogen) atoms. The Hall–Kier alpha value is 0.270. The molecule has 1 saturated heterocycles. The Bertz CT molecular complexity index is 102. The summed E-state index contributed by atoms with van der Waals surface area (Å²) in [6.07, 6.45) is 2.50. The van der Waals surface area contributed by atoms with E-state index in [2.05, 4.69) is 19.0 Å². The van der Waals surface area contributed by atoms with Gasteiger partial charge in [0.05, 0.1) is 0 Å². The van der Waals surface area contributed by atoms with Gasteiger partial charge in [-0.25, -0.2) is 0 Å². The molecular weight excluding hydrogens is 158 g/mol. The average molecular weight is 175 g/mol. The normalized spacial score (nSPS) is 24.8. The zero-order valence-electron chi connectivity index (χ0n) is 7.38. The van der Waals surface area contributed by atoms with Crippen LogP contribution in [-0.2, 0) is 4.74 Å². The lowest BCUT2D eigenvalue weighted by molar-refractivity contribution is 0.173. The molecule has 1 fully saturated rings. The summed E-state index contributed by atoms with van der Waals surface area (Å²) in [7, 11) is 4.21. The topological polar surface area (TPSA) is 12.5 Å². The minimum atomic E-state index is 0.495. The lowest BCUT2D eigenvalue weighted by Crippen LogP contribution is -2.16. The van der Waals surface area contributed by atoms with E-state index in [1.807, 2.05) is 11.8 Å². The summed E-state index contributed by atoms with van der Waals surface area (Å²) in [5.74, 6) is 1.19. The van der Waals surface area contributed by atoms with Crippen molar-refractivity contribution in [2.45, 2.75) is 18.3 Å². The molecule has 1 aliphatic heterocycles. The Morgan fingerprint density at radius 2 is 2.36 bits per heavy atom. The summed E-state index contributed by atoms with van der Waals surface area (Å²) < 4.78 is 5.48. The molecule has 3 heteroatoms. The molecule has 0 radical (unpaired) electrons. The van der Waals surface area contributed by atoms with Crippen LogP contribution in [0.25, 0.3) is 0 Å². The van der Waals surface area contributed by atoms with Crippen LogP contribution in [0.1, 0.15) is 12.8 Å². The van der Waals surface area contributed by atoms with Crippen molar-refractivity contribution in [3.63, 3.8) is 0 Å². The van der Waals surface area contributed by atoms with Crippen LogP contribution in [0.4, 0.5) is 0 Å². The Kier molecular flexibility index (Phi) is 4.26. The molecule has 0 aromatic heterocycles. The fraction of sp³-hybridized carbons (Fsp3) is 1.00. The molecule has 0 aromatic carbocycles. The van der Waals surface area contributed by atoms with Crippen molar-refractivity contribution in [1.82, 2.24) is 4.90 Å². The number of hydrogen-bond acceptors (Lipinski definition) is 3. The molecule has 1 aliphatic rings. The zero-order valence-corrected chi connectivity index (χ0v) is 8.19. The van der Waals surface area contributed by atoms with E-state index >= 15 is 0 Å². The van der Waals surface area contributed by atoms with Gasteiger partial charge in [-0.15, -0.1) is 11.8 Å². The summed E-state index contributed by atoms with van der Waals surface area (Å²) in [6.45, 7) is 2.13. The Morgan fingerprint density at radius 1 is 1.55 bits per heavy atom. The van der Waals surface area contributed by atoms with Crippen molar-refractivity contribution in [2.24, 2.45) is 0 Å². The number of hydrogen-bond donors (Lipinski definition) is 0. The number of ether oxygens (including phenoxy) is 1. The predicted octanol–water partition coefficient (Wildman–Crippen LogP) is 1.42. The van der Waals surface area contributed by atoms with Crippen LogP contribution in [0, 0.1) is 0 Å². The van der Waals surface area contributed by atoms with Gasteiger partial charge < -0.3 is 9.64 Å². The quantitative estimate of drug-likeness (QED) is 0.641. The Balaban J connectivity index is 1.94. The smallest absolute Gasteiger partial charge is 0.103 e. The Morgan fingerprint density at radius 3 is 2.91 bits per heavy atom. The largest absolute Gasteiger partial charge is 0.368 e. The van der Waals surface area contributed by atoms with E-state index in [4.69, 9.17) is 4.74 Å². The average Bonchev–Trinajstić information content (AvgIpc) is 2.39. The SMILES string of the molecule is CN(C)CCSC1CCCO1. The highest BCUT2D eigenvalue weighted by molar-refractivity contribution is 7.99. The van der Waals surface area contributed by atoms with E-state index in [1.165, 1.54) is 18.6 Å². The molecule has 0 N–H and O–H groups in total. The van der Waals surface area contributed by atoms with Crippen LogP contribution in [0.3, 0.4) is 0 Å². The molecule has 0 aliphatic carbocycles. The number of nitrogens with zero attached hydrogens (tertiary/aromatic N) is 1. The van der Waals surface area contributed by atoms with Crippen LogP contribution < -0.4 is 0 Å². The highest BCUT2D eigenvalue weighted by atomic mass is 32.2. The summed E-state index contributed by atoms with van der Waals surface area (Å²) in [6, 6.07) is 0. The monoisotopic (exact) mass is 175 g/mol. The van der Waals surface area contributed by atoms with Crippen molar-refractivity contribution in [3.05, 3.63) is 0 Å². The fourth-order valence-electron chi connectivity index (χ4n) is 1.05. The molecule has 1 atom stereocenters. The van der Waals surface area contributed by atoms with Crippen molar-refractivity contribution in [3.8, 4) is 0 Å². The summed E-state index contributed by atoms with van der Waals surface area (Å²) >= 11 is 1.95. The van der Waals surface area contributed by atoms with Gasteiger partial charge in [0.1, 0.15) is 5.44 Å². The van der Waals surface area contributed by atoms with Crippen LogP contribution in [-0.4, -0.2) is 43.3 Å². The molecular formula is C8H17NOS. The van der Waals surface area contributed by atoms with Gasteiger partial charge in [0.25, 0.3) is 0 Å². The van der Waals surface area contributed by atoms with Gasteiger partial charge in [0, 0.05) is 18.9 Å². The molecule has 0 spiro atoms. The molecule has 1 rings (SSSR count). The van der Waals surface area contributed by atoms with E-state index in [9.17, 15) is 0 Å². The second-order valence-corrected chi connectivity index (χ2v) is 4.38. The Labute approximate surface area is 73.3 Å². The third kappa shape index (κ3) is 3.99. The van der Waals surface area contributed by atoms with Gasteiger partial charge >= 0.3 is 0 Å². The predicted molar refractivity (Wildman–Crippen MR) is 50.0 cm³/mol. The van der Waals surface area contributed by atoms with Gasteiger partial charge in [-0.05, 0) is 26.9 Å². The van der Waals surface area contributed by atoms with Crippen LogP contribution in [0.5, 0.6) is 0 Å². The van der Waals surface area contributed by atoms with Crippen molar-refractivity contribution in [2.75, 3.05) is 33.0 Å².